The summed E-state index contributed by atoms with van der Waals surface area (Å²) in [4.78, 5) is 8.82. The number of aliphatic imine (C=N–C) groups is 1. The Morgan fingerprint density at radius 1 is 1.47 bits per heavy atom. The first kappa shape index (κ1) is 11.5. The van der Waals surface area contributed by atoms with Gasteiger partial charge >= 0.3 is 0 Å². The third-order valence-electron chi connectivity index (χ3n) is 3.18. The van der Waals surface area contributed by atoms with Crippen molar-refractivity contribution in [1.29, 1.82) is 0 Å². The molecule has 0 atom stereocenters. The standard InChI is InChI=1S/C11H15N3OS2/c1-3-15-4-2-11(1)7-17-10(14-11)12-5-9-6-16-8-13-9/h6,8H,1-5,7H2,(H,12,14). The molecule has 1 aromatic rings. The van der Waals surface area contributed by atoms with E-state index < -0.39 is 0 Å². The second-order valence-corrected chi connectivity index (χ2v) is 6.09. The van der Waals surface area contributed by atoms with E-state index in [9.17, 15) is 0 Å². The second-order valence-electron chi connectivity index (χ2n) is 4.41. The lowest BCUT2D eigenvalue weighted by Crippen LogP contribution is -2.48. The lowest BCUT2D eigenvalue weighted by atomic mass is 9.93. The van der Waals surface area contributed by atoms with Crippen molar-refractivity contribution >= 4 is 28.3 Å². The summed E-state index contributed by atoms with van der Waals surface area (Å²) >= 11 is 3.45. The number of nitrogens with zero attached hydrogens (tertiary/aromatic N) is 2. The van der Waals surface area contributed by atoms with Crippen LogP contribution in [0.15, 0.2) is 15.9 Å². The molecule has 0 aromatic carbocycles. The van der Waals surface area contributed by atoms with Crippen molar-refractivity contribution in [2.24, 2.45) is 4.99 Å². The fraction of sp³-hybridized carbons (Fsp3) is 0.636. The molecule has 2 saturated heterocycles. The van der Waals surface area contributed by atoms with Crippen LogP contribution in [0, 0.1) is 0 Å². The Kier molecular flexibility index (Phi) is 3.35. The van der Waals surface area contributed by atoms with Crippen molar-refractivity contribution in [2.75, 3.05) is 19.0 Å². The smallest absolute Gasteiger partial charge is 0.157 e. The monoisotopic (exact) mass is 269 g/mol. The Morgan fingerprint density at radius 3 is 3.12 bits per heavy atom. The van der Waals surface area contributed by atoms with E-state index in [1.165, 1.54) is 0 Å². The van der Waals surface area contributed by atoms with Crippen LogP contribution < -0.4 is 5.32 Å². The molecule has 17 heavy (non-hydrogen) atoms. The van der Waals surface area contributed by atoms with Gasteiger partial charge < -0.3 is 10.1 Å². The summed E-state index contributed by atoms with van der Waals surface area (Å²) in [7, 11) is 0. The third-order valence-corrected chi connectivity index (χ3v) is 5.01. The van der Waals surface area contributed by atoms with Gasteiger partial charge in [0.1, 0.15) is 0 Å². The number of nitrogens with one attached hydrogen (secondary N) is 1. The minimum absolute atomic E-state index is 0.240. The van der Waals surface area contributed by atoms with Crippen LogP contribution in [-0.4, -0.2) is 34.7 Å². The maximum atomic E-state index is 5.41. The summed E-state index contributed by atoms with van der Waals surface area (Å²) in [5.41, 5.74) is 3.15. The summed E-state index contributed by atoms with van der Waals surface area (Å²) < 4.78 is 5.41. The van der Waals surface area contributed by atoms with Crippen molar-refractivity contribution in [3.8, 4) is 0 Å². The average Bonchev–Trinajstić information content (AvgIpc) is 2.98. The van der Waals surface area contributed by atoms with Crippen LogP contribution in [0.5, 0.6) is 0 Å². The van der Waals surface area contributed by atoms with Gasteiger partial charge in [-0.3, -0.25) is 4.99 Å². The van der Waals surface area contributed by atoms with E-state index in [0.717, 1.165) is 42.7 Å². The van der Waals surface area contributed by atoms with Gasteiger partial charge in [-0.05, 0) is 12.8 Å². The zero-order valence-corrected chi connectivity index (χ0v) is 11.1. The number of ether oxygens (including phenoxy) is 1. The molecule has 2 aliphatic heterocycles. The van der Waals surface area contributed by atoms with Gasteiger partial charge in [0.15, 0.2) is 5.17 Å². The molecule has 0 amide bonds. The molecule has 0 bridgehead atoms. The highest BCUT2D eigenvalue weighted by Gasteiger charge is 2.38. The Labute approximate surface area is 109 Å². The average molecular weight is 269 g/mol. The van der Waals surface area contributed by atoms with Crippen LogP contribution >= 0.6 is 23.1 Å². The predicted octanol–water partition coefficient (Wildman–Crippen LogP) is 1.88. The highest BCUT2D eigenvalue weighted by atomic mass is 32.2. The SMILES string of the molecule is c1nc(CN=C2NC3(CCOCC3)CS2)cs1. The van der Waals surface area contributed by atoms with Crippen LogP contribution in [0.4, 0.5) is 0 Å². The zero-order chi connectivity index (χ0) is 11.6. The van der Waals surface area contributed by atoms with Crippen LogP contribution in [0.1, 0.15) is 18.5 Å². The molecule has 0 saturated carbocycles. The minimum atomic E-state index is 0.240. The number of aromatic nitrogens is 1. The summed E-state index contributed by atoms with van der Waals surface area (Å²) in [6.45, 7) is 2.42. The van der Waals surface area contributed by atoms with Crippen molar-refractivity contribution in [3.05, 3.63) is 16.6 Å². The maximum Gasteiger partial charge on any atom is 0.157 e. The first-order chi connectivity index (χ1) is 8.36. The van der Waals surface area contributed by atoms with Crippen LogP contribution in [0.3, 0.4) is 0 Å². The molecule has 2 aliphatic rings. The van der Waals surface area contributed by atoms with Crippen molar-refractivity contribution in [1.82, 2.24) is 10.3 Å². The Morgan fingerprint density at radius 2 is 2.35 bits per heavy atom. The molecule has 1 N–H and O–H groups in total. The van der Waals surface area contributed by atoms with Crippen molar-refractivity contribution in [2.45, 2.75) is 24.9 Å². The van der Waals surface area contributed by atoms with Gasteiger partial charge in [-0.15, -0.1) is 11.3 Å². The topological polar surface area (TPSA) is 46.5 Å². The number of amidine groups is 1. The molecular formula is C11H15N3OS2. The first-order valence-electron chi connectivity index (χ1n) is 5.77. The normalized spacial score (nSPS) is 25.3. The quantitative estimate of drug-likeness (QED) is 0.890. The van der Waals surface area contributed by atoms with Crippen LogP contribution in [-0.2, 0) is 11.3 Å². The zero-order valence-electron chi connectivity index (χ0n) is 9.52. The van der Waals surface area contributed by atoms with Gasteiger partial charge in [0.05, 0.1) is 23.3 Å². The van der Waals surface area contributed by atoms with Crippen molar-refractivity contribution in [3.63, 3.8) is 0 Å². The predicted molar refractivity (Wildman–Crippen MR) is 71.6 cm³/mol. The fourth-order valence-corrected chi connectivity index (χ4v) is 3.86. The summed E-state index contributed by atoms with van der Waals surface area (Å²) in [6.07, 6.45) is 2.19. The molecule has 4 nitrogen and oxygen atoms in total. The van der Waals surface area contributed by atoms with Crippen LogP contribution in [0.25, 0.3) is 0 Å². The Hall–Kier alpha value is -0.590. The van der Waals surface area contributed by atoms with E-state index in [1.54, 1.807) is 11.3 Å². The molecule has 0 aliphatic carbocycles. The van der Waals surface area contributed by atoms with Crippen molar-refractivity contribution < 1.29 is 4.74 Å². The van der Waals surface area contributed by atoms with Gasteiger partial charge in [0.2, 0.25) is 0 Å². The van der Waals surface area contributed by atoms with E-state index >= 15 is 0 Å². The molecule has 0 radical (unpaired) electrons. The maximum absolute atomic E-state index is 5.41. The molecule has 92 valence electrons. The van der Waals surface area contributed by atoms with E-state index in [4.69, 9.17) is 4.74 Å². The lowest BCUT2D eigenvalue weighted by Gasteiger charge is -2.32. The van der Waals surface area contributed by atoms with Gasteiger partial charge in [-0.2, -0.15) is 0 Å². The molecule has 3 rings (SSSR count). The number of thioether (sulfide) groups is 1. The van der Waals surface area contributed by atoms with Gasteiger partial charge in [-0.25, -0.2) is 4.98 Å². The second kappa shape index (κ2) is 4.96. The van der Waals surface area contributed by atoms with E-state index in [1.807, 2.05) is 22.7 Å². The molecular weight excluding hydrogens is 254 g/mol. The van der Waals surface area contributed by atoms with Gasteiger partial charge in [0, 0.05) is 24.3 Å². The number of thiazole rings is 1. The lowest BCUT2D eigenvalue weighted by molar-refractivity contribution is 0.0555. The van der Waals surface area contributed by atoms with E-state index in [0.29, 0.717) is 6.54 Å². The minimum Gasteiger partial charge on any atom is -0.381 e. The number of rotatable bonds is 2. The molecule has 1 aromatic heterocycles. The highest BCUT2D eigenvalue weighted by Crippen LogP contribution is 2.31. The number of hydrogen-bond donors (Lipinski definition) is 1. The summed E-state index contributed by atoms with van der Waals surface area (Å²) in [6, 6.07) is 0. The molecule has 6 heteroatoms. The first-order valence-corrected chi connectivity index (χ1v) is 7.69. The van der Waals surface area contributed by atoms with E-state index in [-0.39, 0.29) is 5.54 Å². The molecule has 1 spiro atoms. The molecule has 0 unspecified atom stereocenters. The highest BCUT2D eigenvalue weighted by molar-refractivity contribution is 8.14. The third kappa shape index (κ3) is 2.64. The van der Waals surface area contributed by atoms with Crippen LogP contribution in [0.2, 0.25) is 0 Å². The fourth-order valence-electron chi connectivity index (χ4n) is 2.09. The van der Waals surface area contributed by atoms with Gasteiger partial charge in [-0.1, -0.05) is 11.8 Å². The summed E-state index contributed by atoms with van der Waals surface area (Å²) in [5.74, 6) is 1.12. The van der Waals surface area contributed by atoms with Gasteiger partial charge in [0.25, 0.3) is 0 Å². The Bertz CT molecular complexity index is 399. The summed E-state index contributed by atoms with van der Waals surface area (Å²) in [5, 5.41) is 6.70. The molecule has 3 heterocycles. The molecule has 2 fully saturated rings. The Balaban J connectivity index is 1.61. The number of hydrogen-bond acceptors (Lipinski definition) is 5. The van der Waals surface area contributed by atoms with E-state index in [2.05, 4.69) is 15.3 Å². The largest absolute Gasteiger partial charge is 0.381 e.